The molecule has 0 aromatic carbocycles. The number of carboxylic acid groups (broad SMARTS) is 1. The number of nitrogens with one attached hydrogen (secondary N) is 1. The van der Waals surface area contributed by atoms with Crippen LogP contribution in [0.3, 0.4) is 0 Å². The number of aliphatic hydroxyl groups is 1. The van der Waals surface area contributed by atoms with Crippen molar-refractivity contribution in [1.29, 1.82) is 0 Å². The second-order valence-corrected chi connectivity index (χ2v) is 5.01. The molecule has 0 aliphatic rings. The van der Waals surface area contributed by atoms with E-state index in [-0.39, 0.29) is 25.0 Å². The molecule has 1 unspecified atom stereocenters. The molecule has 0 rings (SSSR count). The largest absolute Gasteiger partial charge is 0.479 e. The number of aliphatic hydroxyl groups excluding tert-OH is 1. The van der Waals surface area contributed by atoms with Crippen molar-refractivity contribution in [3.8, 4) is 0 Å². The Morgan fingerprint density at radius 1 is 1.22 bits per heavy atom. The summed E-state index contributed by atoms with van der Waals surface area (Å²) >= 11 is 0. The van der Waals surface area contributed by atoms with Crippen LogP contribution < -0.4 is 5.32 Å². The summed E-state index contributed by atoms with van der Waals surface area (Å²) in [6.07, 6.45) is -1.42. The topological polar surface area (TPSA) is 89.9 Å². The molecule has 1 atom stereocenters. The smallest absolute Gasteiger partial charge is 0.332 e. The van der Waals surface area contributed by atoms with Gasteiger partial charge >= 0.3 is 12.0 Å². The first kappa shape index (κ1) is 16.7. The minimum atomic E-state index is -1.43. The van der Waals surface area contributed by atoms with E-state index in [1.807, 2.05) is 27.7 Å². The lowest BCUT2D eigenvalue weighted by molar-refractivity contribution is -0.146. The van der Waals surface area contributed by atoms with Crippen LogP contribution in [0.2, 0.25) is 0 Å². The van der Waals surface area contributed by atoms with E-state index in [1.165, 1.54) is 0 Å². The molecule has 2 amide bonds. The number of carbonyl (C=O) groups is 2. The molecule has 6 heteroatoms. The van der Waals surface area contributed by atoms with Gasteiger partial charge in [-0.2, -0.15) is 0 Å². The van der Waals surface area contributed by atoms with Gasteiger partial charge in [0.05, 0.1) is 0 Å². The molecule has 0 aliphatic carbocycles. The third-order valence-electron chi connectivity index (χ3n) is 2.43. The Hall–Kier alpha value is -1.30. The number of rotatable bonds is 7. The molecule has 0 saturated heterocycles. The van der Waals surface area contributed by atoms with E-state index in [9.17, 15) is 9.59 Å². The van der Waals surface area contributed by atoms with Crippen LogP contribution in [0.5, 0.6) is 0 Å². The van der Waals surface area contributed by atoms with Gasteiger partial charge in [0, 0.05) is 25.6 Å². The van der Waals surface area contributed by atoms with Gasteiger partial charge in [0.25, 0.3) is 0 Å². The van der Waals surface area contributed by atoms with Crippen molar-refractivity contribution >= 4 is 12.0 Å². The fourth-order valence-corrected chi connectivity index (χ4v) is 1.46. The van der Waals surface area contributed by atoms with Crippen LogP contribution in [0.1, 0.15) is 34.1 Å². The molecule has 106 valence electrons. The van der Waals surface area contributed by atoms with Gasteiger partial charge in [-0.25, -0.2) is 9.59 Å². The molecule has 3 N–H and O–H groups in total. The summed E-state index contributed by atoms with van der Waals surface area (Å²) in [5, 5.41) is 20.2. The predicted molar refractivity (Wildman–Crippen MR) is 68.3 cm³/mol. The second-order valence-electron chi connectivity index (χ2n) is 5.01. The van der Waals surface area contributed by atoms with Crippen molar-refractivity contribution < 1.29 is 19.8 Å². The highest BCUT2D eigenvalue weighted by Crippen LogP contribution is 2.04. The van der Waals surface area contributed by atoms with E-state index in [4.69, 9.17) is 10.2 Å². The number of urea groups is 1. The summed E-state index contributed by atoms with van der Waals surface area (Å²) in [6.45, 7) is 8.69. The molecule has 0 aliphatic heterocycles. The normalized spacial score (nSPS) is 12.6. The lowest BCUT2D eigenvalue weighted by Crippen LogP contribution is -2.46. The summed E-state index contributed by atoms with van der Waals surface area (Å²) < 4.78 is 0. The number of carboxylic acids is 1. The standard InChI is InChI=1S/C12H24N2O4/c1-8(2)7-14(9(3)4)12(18)13-6-5-10(15)11(16)17/h8-10,15H,5-7H2,1-4H3,(H,13,18)(H,16,17). The first-order valence-electron chi connectivity index (χ1n) is 6.21. The van der Waals surface area contributed by atoms with Crippen LogP contribution in [-0.2, 0) is 4.79 Å². The molecule has 0 fully saturated rings. The van der Waals surface area contributed by atoms with Crippen molar-refractivity contribution in [2.45, 2.75) is 46.3 Å². The Morgan fingerprint density at radius 3 is 2.17 bits per heavy atom. The Morgan fingerprint density at radius 2 is 1.78 bits per heavy atom. The van der Waals surface area contributed by atoms with Crippen LogP contribution in [-0.4, -0.2) is 52.3 Å². The van der Waals surface area contributed by atoms with Crippen LogP contribution in [0.25, 0.3) is 0 Å². The second kappa shape index (κ2) is 7.92. The fraction of sp³-hybridized carbons (Fsp3) is 0.833. The van der Waals surface area contributed by atoms with Crippen molar-refractivity contribution in [2.24, 2.45) is 5.92 Å². The predicted octanol–water partition coefficient (Wildman–Crippen LogP) is 0.898. The zero-order valence-corrected chi connectivity index (χ0v) is 11.5. The molecule has 0 bridgehead atoms. The highest BCUT2D eigenvalue weighted by Gasteiger charge is 2.18. The molecule has 0 aromatic rings. The minimum Gasteiger partial charge on any atom is -0.479 e. The molecule has 0 saturated carbocycles. The van der Waals surface area contributed by atoms with Crippen LogP contribution in [0, 0.1) is 5.92 Å². The highest BCUT2D eigenvalue weighted by atomic mass is 16.4. The maximum Gasteiger partial charge on any atom is 0.332 e. The van der Waals surface area contributed by atoms with Gasteiger partial charge in [-0.3, -0.25) is 0 Å². The Kier molecular flexibility index (Phi) is 7.35. The first-order chi connectivity index (χ1) is 8.25. The van der Waals surface area contributed by atoms with Gasteiger partial charge in [-0.05, 0) is 19.8 Å². The average molecular weight is 260 g/mol. The first-order valence-corrected chi connectivity index (χ1v) is 6.21. The summed E-state index contributed by atoms with van der Waals surface area (Å²) in [5.74, 6) is -0.907. The van der Waals surface area contributed by atoms with Crippen molar-refractivity contribution in [1.82, 2.24) is 10.2 Å². The number of amides is 2. The van der Waals surface area contributed by atoms with Gasteiger partial charge in [-0.15, -0.1) is 0 Å². The Bertz CT molecular complexity index is 279. The Labute approximate surface area is 108 Å². The highest BCUT2D eigenvalue weighted by molar-refractivity contribution is 5.75. The summed E-state index contributed by atoms with van der Waals surface area (Å²) in [6, 6.07) is -0.145. The summed E-state index contributed by atoms with van der Waals surface area (Å²) in [4.78, 5) is 23.9. The Balaban J connectivity index is 4.15. The van der Waals surface area contributed by atoms with Gasteiger partial charge in [0.2, 0.25) is 0 Å². The SMILES string of the molecule is CC(C)CN(C(=O)NCCC(O)C(=O)O)C(C)C. The number of carbonyl (C=O) groups excluding carboxylic acids is 1. The minimum absolute atomic E-state index is 0.00862. The molecule has 0 aromatic heterocycles. The van der Waals surface area contributed by atoms with E-state index >= 15 is 0 Å². The summed E-state index contributed by atoms with van der Waals surface area (Å²) in [7, 11) is 0. The summed E-state index contributed by atoms with van der Waals surface area (Å²) in [5.41, 5.74) is 0. The lowest BCUT2D eigenvalue weighted by Gasteiger charge is -2.28. The zero-order chi connectivity index (χ0) is 14.3. The van der Waals surface area contributed by atoms with E-state index in [0.29, 0.717) is 12.5 Å². The molecule has 6 nitrogen and oxygen atoms in total. The van der Waals surface area contributed by atoms with Crippen LogP contribution in [0.15, 0.2) is 0 Å². The van der Waals surface area contributed by atoms with Gasteiger partial charge in [-0.1, -0.05) is 13.8 Å². The van der Waals surface area contributed by atoms with E-state index in [2.05, 4.69) is 5.32 Å². The van der Waals surface area contributed by atoms with Crippen LogP contribution in [0.4, 0.5) is 4.79 Å². The van der Waals surface area contributed by atoms with Gasteiger partial charge < -0.3 is 20.4 Å². The van der Waals surface area contributed by atoms with Gasteiger partial charge in [0.15, 0.2) is 6.10 Å². The molecule has 0 spiro atoms. The molecule has 0 radical (unpaired) electrons. The third kappa shape index (κ3) is 6.44. The zero-order valence-electron chi connectivity index (χ0n) is 11.5. The molecular formula is C12H24N2O4. The van der Waals surface area contributed by atoms with E-state index < -0.39 is 12.1 Å². The van der Waals surface area contributed by atoms with Crippen LogP contribution >= 0.6 is 0 Å². The molecule has 18 heavy (non-hydrogen) atoms. The van der Waals surface area contributed by atoms with Crippen molar-refractivity contribution in [3.63, 3.8) is 0 Å². The van der Waals surface area contributed by atoms with Crippen molar-refractivity contribution in [3.05, 3.63) is 0 Å². The number of hydrogen-bond acceptors (Lipinski definition) is 3. The van der Waals surface area contributed by atoms with Crippen molar-refractivity contribution in [2.75, 3.05) is 13.1 Å². The number of nitrogens with zero attached hydrogens (tertiary/aromatic N) is 1. The monoisotopic (exact) mass is 260 g/mol. The maximum absolute atomic E-state index is 11.9. The van der Waals surface area contributed by atoms with Gasteiger partial charge in [0.1, 0.15) is 0 Å². The molecule has 0 heterocycles. The third-order valence-corrected chi connectivity index (χ3v) is 2.43. The average Bonchev–Trinajstić information content (AvgIpc) is 2.24. The fourth-order valence-electron chi connectivity index (χ4n) is 1.46. The molecular weight excluding hydrogens is 236 g/mol. The van der Waals surface area contributed by atoms with E-state index in [1.54, 1.807) is 4.90 Å². The number of aliphatic carboxylic acids is 1. The lowest BCUT2D eigenvalue weighted by atomic mass is 10.2. The maximum atomic E-state index is 11.9. The quantitative estimate of drug-likeness (QED) is 0.634. The van der Waals surface area contributed by atoms with E-state index in [0.717, 1.165) is 0 Å². The number of hydrogen-bond donors (Lipinski definition) is 3.